The van der Waals surface area contributed by atoms with Gasteiger partial charge in [-0.25, -0.2) is 9.48 Å². The van der Waals surface area contributed by atoms with Crippen molar-refractivity contribution in [3.05, 3.63) is 41.2 Å². The molecule has 0 atom stereocenters. The molecule has 0 aliphatic heterocycles. The van der Waals surface area contributed by atoms with E-state index in [1.807, 2.05) is 19.1 Å². The highest BCUT2D eigenvalue weighted by Gasteiger charge is 2.15. The molecule has 124 valence electrons. The van der Waals surface area contributed by atoms with Gasteiger partial charge in [0.05, 0.1) is 29.2 Å². The molecule has 0 aliphatic carbocycles. The lowest BCUT2D eigenvalue weighted by molar-refractivity contribution is 0.0505. The molecule has 1 aromatic heterocycles. The highest BCUT2D eigenvalue weighted by molar-refractivity contribution is 5.89. The average Bonchev–Trinajstić information content (AvgIpc) is 2.94. The van der Waals surface area contributed by atoms with Crippen LogP contribution in [0.4, 0.5) is 0 Å². The minimum atomic E-state index is -0.304. The summed E-state index contributed by atoms with van der Waals surface area (Å²) in [6.07, 6.45) is 1.66. The van der Waals surface area contributed by atoms with Gasteiger partial charge in [-0.3, -0.25) is 0 Å². The van der Waals surface area contributed by atoms with Gasteiger partial charge >= 0.3 is 5.97 Å². The van der Waals surface area contributed by atoms with Crippen LogP contribution in [0, 0.1) is 5.92 Å². The van der Waals surface area contributed by atoms with Gasteiger partial charge in [-0.2, -0.15) is 0 Å². The van der Waals surface area contributed by atoms with Gasteiger partial charge < -0.3 is 10.5 Å². The van der Waals surface area contributed by atoms with E-state index >= 15 is 0 Å². The van der Waals surface area contributed by atoms with Crippen LogP contribution >= 0.6 is 0 Å². The smallest absolute Gasteiger partial charge is 0.338 e. The summed E-state index contributed by atoms with van der Waals surface area (Å²) in [5, 5.41) is 8.36. The summed E-state index contributed by atoms with van der Waals surface area (Å²) in [6, 6.07) is 7.19. The molecule has 0 fully saturated rings. The van der Waals surface area contributed by atoms with E-state index in [-0.39, 0.29) is 5.97 Å². The first-order valence-electron chi connectivity index (χ1n) is 7.97. The van der Waals surface area contributed by atoms with E-state index in [0.717, 1.165) is 29.9 Å². The third-order valence-electron chi connectivity index (χ3n) is 3.42. The van der Waals surface area contributed by atoms with E-state index in [4.69, 9.17) is 10.5 Å². The lowest BCUT2D eigenvalue weighted by atomic mass is 10.1. The van der Waals surface area contributed by atoms with Gasteiger partial charge in [0.25, 0.3) is 0 Å². The lowest BCUT2D eigenvalue weighted by Crippen LogP contribution is -2.10. The maximum Gasteiger partial charge on any atom is 0.338 e. The molecule has 6 nitrogen and oxygen atoms in total. The van der Waals surface area contributed by atoms with Gasteiger partial charge in [0.1, 0.15) is 0 Å². The zero-order valence-electron chi connectivity index (χ0n) is 14.0. The summed E-state index contributed by atoms with van der Waals surface area (Å²) in [5.41, 5.74) is 8.97. The van der Waals surface area contributed by atoms with Crippen LogP contribution in [-0.2, 0) is 17.7 Å². The molecular weight excluding hydrogens is 292 g/mol. The molecule has 0 saturated carbocycles. The SMILES string of the molecule is CCCOC(=O)c1ccc(-n2nnc(CN)c2CC(C)C)cc1. The molecule has 2 rings (SSSR count). The average molecular weight is 316 g/mol. The number of esters is 1. The topological polar surface area (TPSA) is 83.0 Å². The van der Waals surface area contributed by atoms with Gasteiger partial charge in [0.2, 0.25) is 0 Å². The molecule has 1 heterocycles. The van der Waals surface area contributed by atoms with E-state index in [9.17, 15) is 4.79 Å². The van der Waals surface area contributed by atoms with Crippen molar-refractivity contribution in [3.63, 3.8) is 0 Å². The summed E-state index contributed by atoms with van der Waals surface area (Å²) in [5.74, 6) is 0.169. The molecule has 2 N–H and O–H groups in total. The van der Waals surface area contributed by atoms with Crippen LogP contribution in [0.5, 0.6) is 0 Å². The van der Waals surface area contributed by atoms with Crippen molar-refractivity contribution in [2.24, 2.45) is 11.7 Å². The Balaban J connectivity index is 2.25. The van der Waals surface area contributed by atoms with Gasteiger partial charge in [-0.15, -0.1) is 5.10 Å². The Morgan fingerprint density at radius 2 is 2.00 bits per heavy atom. The van der Waals surface area contributed by atoms with E-state index in [1.54, 1.807) is 16.8 Å². The predicted octanol–water partition coefficient (Wildman–Crippen LogP) is 2.49. The first kappa shape index (κ1) is 17.1. The quantitative estimate of drug-likeness (QED) is 0.793. The Morgan fingerprint density at radius 1 is 1.30 bits per heavy atom. The van der Waals surface area contributed by atoms with Crippen LogP contribution in [-0.4, -0.2) is 27.6 Å². The Labute approximate surface area is 136 Å². The molecule has 23 heavy (non-hydrogen) atoms. The highest BCUT2D eigenvalue weighted by atomic mass is 16.5. The number of carbonyl (C=O) groups excluding carboxylic acids is 1. The van der Waals surface area contributed by atoms with Crippen molar-refractivity contribution >= 4 is 5.97 Å². The molecule has 0 spiro atoms. The Morgan fingerprint density at radius 3 is 2.57 bits per heavy atom. The van der Waals surface area contributed by atoms with Crippen LogP contribution < -0.4 is 5.73 Å². The Hall–Kier alpha value is -2.21. The van der Waals surface area contributed by atoms with Crippen molar-refractivity contribution in [3.8, 4) is 5.69 Å². The normalized spacial score (nSPS) is 11.0. The number of hydrogen-bond donors (Lipinski definition) is 1. The number of hydrogen-bond acceptors (Lipinski definition) is 5. The van der Waals surface area contributed by atoms with Crippen LogP contribution in [0.15, 0.2) is 24.3 Å². The van der Waals surface area contributed by atoms with Crippen LogP contribution in [0.3, 0.4) is 0 Å². The standard InChI is InChI=1S/C17H24N4O2/c1-4-9-23-17(22)13-5-7-14(8-6-13)21-16(10-12(2)3)15(11-18)19-20-21/h5-8,12H,4,9-11,18H2,1-3H3. The minimum absolute atomic E-state index is 0.304. The lowest BCUT2D eigenvalue weighted by Gasteiger charge is -2.10. The van der Waals surface area contributed by atoms with E-state index < -0.39 is 0 Å². The number of aromatic nitrogens is 3. The Kier molecular flexibility index (Phi) is 5.87. The summed E-state index contributed by atoms with van der Waals surface area (Å²) < 4.78 is 6.93. The van der Waals surface area contributed by atoms with Crippen molar-refractivity contribution in [2.75, 3.05) is 6.61 Å². The Bertz CT molecular complexity index is 647. The molecule has 0 aliphatic rings. The second-order valence-electron chi connectivity index (χ2n) is 5.88. The van der Waals surface area contributed by atoms with Crippen molar-refractivity contribution in [2.45, 2.75) is 40.2 Å². The first-order valence-corrected chi connectivity index (χ1v) is 7.97. The molecule has 6 heteroatoms. The third-order valence-corrected chi connectivity index (χ3v) is 3.42. The monoisotopic (exact) mass is 316 g/mol. The van der Waals surface area contributed by atoms with Crippen molar-refractivity contribution in [1.29, 1.82) is 0 Å². The van der Waals surface area contributed by atoms with Gasteiger partial charge in [-0.1, -0.05) is 26.0 Å². The zero-order valence-corrected chi connectivity index (χ0v) is 14.0. The number of carbonyl (C=O) groups is 1. The molecule has 0 saturated heterocycles. The van der Waals surface area contributed by atoms with Gasteiger partial charge in [0.15, 0.2) is 0 Å². The predicted molar refractivity (Wildman–Crippen MR) is 88.4 cm³/mol. The fraction of sp³-hybridized carbons (Fsp3) is 0.471. The fourth-order valence-corrected chi connectivity index (χ4v) is 2.31. The number of nitrogens with zero attached hydrogens (tertiary/aromatic N) is 3. The van der Waals surface area contributed by atoms with Crippen LogP contribution in [0.25, 0.3) is 5.69 Å². The number of ether oxygens (including phenoxy) is 1. The molecule has 0 amide bonds. The number of rotatable bonds is 7. The second kappa shape index (κ2) is 7.87. The molecule has 1 aromatic carbocycles. The largest absolute Gasteiger partial charge is 0.462 e. The maximum absolute atomic E-state index is 11.8. The molecular formula is C17H24N4O2. The zero-order chi connectivity index (χ0) is 16.8. The van der Waals surface area contributed by atoms with Crippen LogP contribution in [0.2, 0.25) is 0 Å². The second-order valence-corrected chi connectivity index (χ2v) is 5.88. The molecule has 2 aromatic rings. The highest BCUT2D eigenvalue weighted by Crippen LogP contribution is 2.17. The summed E-state index contributed by atoms with van der Waals surface area (Å²) >= 11 is 0. The summed E-state index contributed by atoms with van der Waals surface area (Å²) in [7, 11) is 0. The number of benzene rings is 1. The molecule has 0 unspecified atom stereocenters. The fourth-order valence-electron chi connectivity index (χ4n) is 2.31. The number of nitrogens with two attached hydrogens (primary N) is 1. The van der Waals surface area contributed by atoms with Crippen LogP contribution in [0.1, 0.15) is 48.9 Å². The van der Waals surface area contributed by atoms with E-state index in [0.29, 0.717) is 24.6 Å². The maximum atomic E-state index is 11.8. The van der Waals surface area contributed by atoms with E-state index in [1.165, 1.54) is 0 Å². The van der Waals surface area contributed by atoms with E-state index in [2.05, 4.69) is 24.2 Å². The molecule has 0 bridgehead atoms. The first-order chi connectivity index (χ1) is 11.1. The van der Waals surface area contributed by atoms with Crippen molar-refractivity contribution < 1.29 is 9.53 Å². The minimum Gasteiger partial charge on any atom is -0.462 e. The third kappa shape index (κ3) is 4.16. The van der Waals surface area contributed by atoms with Crippen molar-refractivity contribution in [1.82, 2.24) is 15.0 Å². The van der Waals surface area contributed by atoms with Gasteiger partial charge in [0, 0.05) is 6.54 Å². The van der Waals surface area contributed by atoms with Gasteiger partial charge in [-0.05, 0) is 43.0 Å². The molecule has 0 radical (unpaired) electrons. The summed E-state index contributed by atoms with van der Waals surface area (Å²) in [6.45, 7) is 7.05. The summed E-state index contributed by atoms with van der Waals surface area (Å²) in [4.78, 5) is 11.8.